The van der Waals surface area contributed by atoms with E-state index in [1.165, 1.54) is 7.11 Å². The van der Waals surface area contributed by atoms with Crippen molar-refractivity contribution in [3.05, 3.63) is 0 Å². The maximum absolute atomic E-state index is 11.6. The van der Waals surface area contributed by atoms with Crippen LogP contribution in [0, 0.1) is 17.8 Å². The SMILES string of the molecule is COC(=O)C1C[C@H]2CC[C@H](C1)C2(OC)OC. The highest BCUT2D eigenvalue weighted by atomic mass is 16.7. The second-order valence-electron chi connectivity index (χ2n) is 4.79. The van der Waals surface area contributed by atoms with Crippen LogP contribution in [0.15, 0.2) is 0 Å². The van der Waals surface area contributed by atoms with Crippen LogP contribution >= 0.6 is 0 Å². The van der Waals surface area contributed by atoms with Gasteiger partial charge in [0.2, 0.25) is 0 Å². The summed E-state index contributed by atoms with van der Waals surface area (Å²) in [5, 5.41) is 0. The van der Waals surface area contributed by atoms with E-state index >= 15 is 0 Å². The predicted octanol–water partition coefficient (Wildman–Crippen LogP) is 1.58. The van der Waals surface area contributed by atoms with Gasteiger partial charge in [0.05, 0.1) is 13.0 Å². The molecule has 2 atom stereocenters. The zero-order chi connectivity index (χ0) is 11.8. The van der Waals surface area contributed by atoms with Gasteiger partial charge in [-0.25, -0.2) is 0 Å². The van der Waals surface area contributed by atoms with Crippen LogP contribution in [-0.2, 0) is 19.0 Å². The van der Waals surface area contributed by atoms with Crippen molar-refractivity contribution in [2.24, 2.45) is 17.8 Å². The van der Waals surface area contributed by atoms with Crippen LogP contribution in [0.5, 0.6) is 0 Å². The van der Waals surface area contributed by atoms with E-state index in [4.69, 9.17) is 14.2 Å². The fourth-order valence-corrected chi connectivity index (χ4v) is 3.59. The minimum absolute atomic E-state index is 0.0286. The molecule has 0 unspecified atom stereocenters. The van der Waals surface area contributed by atoms with Gasteiger partial charge in [0.15, 0.2) is 5.79 Å². The maximum atomic E-state index is 11.6. The van der Waals surface area contributed by atoms with Crippen LogP contribution in [0.4, 0.5) is 0 Å². The first-order chi connectivity index (χ1) is 7.67. The second kappa shape index (κ2) is 4.34. The third kappa shape index (κ3) is 1.55. The summed E-state index contributed by atoms with van der Waals surface area (Å²) in [5.74, 6) is 0.138. The Morgan fingerprint density at radius 3 is 1.94 bits per heavy atom. The second-order valence-corrected chi connectivity index (χ2v) is 4.79. The van der Waals surface area contributed by atoms with Crippen molar-refractivity contribution in [1.29, 1.82) is 0 Å². The first-order valence-corrected chi connectivity index (χ1v) is 5.86. The highest BCUT2D eigenvalue weighted by Gasteiger charge is 2.56. The van der Waals surface area contributed by atoms with Gasteiger partial charge in [-0.15, -0.1) is 0 Å². The van der Waals surface area contributed by atoms with Crippen LogP contribution in [0.25, 0.3) is 0 Å². The fraction of sp³-hybridized carbons (Fsp3) is 0.917. The van der Waals surface area contributed by atoms with E-state index in [1.807, 2.05) is 0 Å². The Morgan fingerprint density at radius 1 is 1.06 bits per heavy atom. The molecule has 2 fully saturated rings. The number of hydrogen-bond acceptors (Lipinski definition) is 4. The van der Waals surface area contributed by atoms with E-state index in [1.54, 1.807) is 14.2 Å². The molecule has 4 heteroatoms. The monoisotopic (exact) mass is 228 g/mol. The molecule has 0 aromatic carbocycles. The van der Waals surface area contributed by atoms with Gasteiger partial charge in [-0.1, -0.05) is 0 Å². The topological polar surface area (TPSA) is 44.8 Å². The molecule has 2 bridgehead atoms. The van der Waals surface area contributed by atoms with Gasteiger partial charge in [0, 0.05) is 26.1 Å². The van der Waals surface area contributed by atoms with Crippen LogP contribution in [0.2, 0.25) is 0 Å². The van der Waals surface area contributed by atoms with Gasteiger partial charge in [-0.2, -0.15) is 0 Å². The molecule has 0 amide bonds. The molecule has 0 N–H and O–H groups in total. The smallest absolute Gasteiger partial charge is 0.308 e. The van der Waals surface area contributed by atoms with Crippen LogP contribution < -0.4 is 0 Å². The quantitative estimate of drug-likeness (QED) is 0.543. The lowest BCUT2D eigenvalue weighted by Gasteiger charge is -2.43. The van der Waals surface area contributed by atoms with Crippen molar-refractivity contribution >= 4 is 5.97 Å². The Hall–Kier alpha value is -0.610. The van der Waals surface area contributed by atoms with Gasteiger partial charge in [-0.3, -0.25) is 4.79 Å². The van der Waals surface area contributed by atoms with Gasteiger partial charge in [-0.05, 0) is 25.7 Å². The Bertz CT molecular complexity index is 256. The van der Waals surface area contributed by atoms with Crippen molar-refractivity contribution in [3.8, 4) is 0 Å². The van der Waals surface area contributed by atoms with Gasteiger partial charge >= 0.3 is 5.97 Å². The number of fused-ring (bicyclic) bond motifs is 2. The zero-order valence-corrected chi connectivity index (χ0v) is 10.2. The van der Waals surface area contributed by atoms with E-state index in [9.17, 15) is 4.79 Å². The summed E-state index contributed by atoms with van der Waals surface area (Å²) in [5.41, 5.74) is 0. The molecule has 2 aliphatic rings. The number of carbonyl (C=O) groups is 1. The van der Waals surface area contributed by atoms with Gasteiger partial charge in [0.25, 0.3) is 0 Å². The van der Waals surface area contributed by atoms with Crippen LogP contribution in [0.1, 0.15) is 25.7 Å². The molecule has 2 aliphatic carbocycles. The largest absolute Gasteiger partial charge is 0.469 e. The van der Waals surface area contributed by atoms with Crippen molar-refractivity contribution in [2.75, 3.05) is 21.3 Å². The summed E-state index contributed by atoms with van der Waals surface area (Å²) in [6.45, 7) is 0. The molecule has 0 aromatic rings. The van der Waals surface area contributed by atoms with Crippen LogP contribution in [0.3, 0.4) is 0 Å². The predicted molar refractivity (Wildman–Crippen MR) is 57.7 cm³/mol. The Balaban J connectivity index is 2.15. The zero-order valence-electron chi connectivity index (χ0n) is 10.2. The summed E-state index contributed by atoms with van der Waals surface area (Å²) in [4.78, 5) is 11.6. The summed E-state index contributed by atoms with van der Waals surface area (Å²) < 4.78 is 16.0. The molecule has 0 heterocycles. The van der Waals surface area contributed by atoms with Crippen molar-refractivity contribution in [2.45, 2.75) is 31.5 Å². The van der Waals surface area contributed by atoms with E-state index in [-0.39, 0.29) is 11.9 Å². The summed E-state index contributed by atoms with van der Waals surface area (Å²) in [6, 6.07) is 0. The fourth-order valence-electron chi connectivity index (χ4n) is 3.59. The first kappa shape index (κ1) is 11.9. The number of esters is 1. The van der Waals surface area contributed by atoms with Crippen molar-refractivity contribution in [3.63, 3.8) is 0 Å². The molecule has 0 spiro atoms. The third-order valence-corrected chi connectivity index (χ3v) is 4.31. The number of methoxy groups -OCH3 is 3. The minimum Gasteiger partial charge on any atom is -0.469 e. The van der Waals surface area contributed by atoms with Crippen LogP contribution in [-0.4, -0.2) is 33.1 Å². The molecule has 2 rings (SSSR count). The summed E-state index contributed by atoms with van der Waals surface area (Å²) >= 11 is 0. The molecule has 2 saturated carbocycles. The number of ether oxygens (including phenoxy) is 3. The highest BCUT2D eigenvalue weighted by Crippen LogP contribution is 2.53. The molecule has 0 aromatic heterocycles. The molecule has 0 aliphatic heterocycles. The lowest BCUT2D eigenvalue weighted by molar-refractivity contribution is -0.268. The summed E-state index contributed by atoms with van der Waals surface area (Å²) in [7, 11) is 4.86. The van der Waals surface area contributed by atoms with E-state index in [2.05, 4.69) is 0 Å². The summed E-state index contributed by atoms with van der Waals surface area (Å²) in [6.07, 6.45) is 3.81. The third-order valence-electron chi connectivity index (χ3n) is 4.31. The van der Waals surface area contributed by atoms with Gasteiger partial charge < -0.3 is 14.2 Å². The molecular weight excluding hydrogens is 208 g/mol. The lowest BCUT2D eigenvalue weighted by Crippen LogP contribution is -2.49. The van der Waals surface area contributed by atoms with Gasteiger partial charge in [0.1, 0.15) is 0 Å². The average Bonchev–Trinajstić information content (AvgIpc) is 2.52. The Kier molecular flexibility index (Phi) is 3.22. The number of carbonyl (C=O) groups excluding carboxylic acids is 1. The lowest BCUT2D eigenvalue weighted by atomic mass is 9.76. The standard InChI is InChI=1S/C12H20O4/c1-14-11(13)8-6-9-4-5-10(7-8)12(9,15-2)16-3/h8-10H,4-7H2,1-3H3/t9-,10-/m1/s1. The van der Waals surface area contributed by atoms with E-state index in [0.29, 0.717) is 11.8 Å². The Morgan fingerprint density at radius 2 is 1.56 bits per heavy atom. The van der Waals surface area contributed by atoms with Crippen molar-refractivity contribution < 1.29 is 19.0 Å². The van der Waals surface area contributed by atoms with E-state index < -0.39 is 5.79 Å². The Labute approximate surface area is 96.2 Å². The molecule has 4 nitrogen and oxygen atoms in total. The normalized spacial score (nSPS) is 36.1. The number of rotatable bonds is 3. The highest BCUT2D eigenvalue weighted by molar-refractivity contribution is 5.72. The maximum Gasteiger partial charge on any atom is 0.308 e. The molecule has 16 heavy (non-hydrogen) atoms. The molecular formula is C12H20O4. The number of hydrogen-bond donors (Lipinski definition) is 0. The van der Waals surface area contributed by atoms with Crippen molar-refractivity contribution in [1.82, 2.24) is 0 Å². The average molecular weight is 228 g/mol. The molecule has 0 saturated heterocycles. The molecule has 92 valence electrons. The van der Waals surface area contributed by atoms with E-state index in [0.717, 1.165) is 25.7 Å². The first-order valence-electron chi connectivity index (χ1n) is 5.86. The molecule has 0 radical (unpaired) electrons. The minimum atomic E-state index is -0.454.